The molecule has 0 saturated carbocycles. The second kappa shape index (κ2) is 4.22. The van der Waals surface area contributed by atoms with Crippen LogP contribution in [0.5, 0.6) is 0 Å². The number of hydrogen-bond acceptors (Lipinski definition) is 4. The third kappa shape index (κ3) is 2.74. The molecule has 0 heterocycles. The lowest BCUT2D eigenvalue weighted by atomic mass is 10.1. The number of carbonyl (C=O) groups excluding carboxylic acids is 3. The fraction of sp³-hybridized carbons (Fsp3) is 0.125. The van der Waals surface area contributed by atoms with E-state index < -0.39 is 12.1 Å². The summed E-state index contributed by atoms with van der Waals surface area (Å²) in [7, 11) is 0. The van der Waals surface area contributed by atoms with Crippen molar-refractivity contribution in [1.29, 1.82) is 0 Å². The highest BCUT2D eigenvalue weighted by atomic mass is 16.6. The standard InChI is InChI=1S/C8H8N2O4/c9-7(12)10-8(13)14-6-4-2-1-3-5(6)11/h1-2,4H,3H2,(H3,9,10,12,13). The molecule has 0 aliphatic heterocycles. The van der Waals surface area contributed by atoms with Crippen LogP contribution in [0.25, 0.3) is 0 Å². The molecular weight excluding hydrogens is 188 g/mol. The van der Waals surface area contributed by atoms with E-state index in [9.17, 15) is 14.4 Å². The van der Waals surface area contributed by atoms with Crippen LogP contribution in [0.1, 0.15) is 6.42 Å². The Morgan fingerprint density at radius 1 is 1.50 bits per heavy atom. The van der Waals surface area contributed by atoms with Gasteiger partial charge in [0.05, 0.1) is 0 Å². The summed E-state index contributed by atoms with van der Waals surface area (Å²) in [5.74, 6) is -0.432. The number of allylic oxidation sites excluding steroid dienone is 4. The van der Waals surface area contributed by atoms with Crippen molar-refractivity contribution in [2.75, 3.05) is 0 Å². The number of carbonyl (C=O) groups is 3. The molecule has 3 amide bonds. The van der Waals surface area contributed by atoms with Crippen LogP contribution >= 0.6 is 0 Å². The highest BCUT2D eigenvalue weighted by Gasteiger charge is 2.16. The Balaban J connectivity index is 2.55. The van der Waals surface area contributed by atoms with Crippen LogP contribution in [0.15, 0.2) is 24.0 Å². The monoisotopic (exact) mass is 196 g/mol. The first-order valence-electron chi connectivity index (χ1n) is 3.78. The van der Waals surface area contributed by atoms with Crippen molar-refractivity contribution >= 4 is 17.9 Å². The number of rotatable bonds is 1. The predicted molar refractivity (Wildman–Crippen MR) is 46.0 cm³/mol. The lowest BCUT2D eigenvalue weighted by molar-refractivity contribution is -0.117. The van der Waals surface area contributed by atoms with Crippen molar-refractivity contribution in [3.8, 4) is 0 Å². The molecule has 6 nitrogen and oxygen atoms in total. The summed E-state index contributed by atoms with van der Waals surface area (Å²) in [5, 5.41) is 1.67. The van der Waals surface area contributed by atoms with Gasteiger partial charge in [-0.2, -0.15) is 0 Å². The Hall–Kier alpha value is -2.11. The quantitative estimate of drug-likeness (QED) is 0.625. The average molecular weight is 196 g/mol. The number of amides is 3. The number of Topliss-reactive ketones (excluding diaryl/α,β-unsaturated/α-hetero) is 1. The van der Waals surface area contributed by atoms with Gasteiger partial charge in [-0.3, -0.25) is 4.79 Å². The van der Waals surface area contributed by atoms with E-state index in [0.717, 1.165) is 0 Å². The molecule has 0 aromatic carbocycles. The largest absolute Gasteiger partial charge is 0.420 e. The van der Waals surface area contributed by atoms with E-state index in [-0.39, 0.29) is 18.0 Å². The molecule has 0 aromatic rings. The van der Waals surface area contributed by atoms with Gasteiger partial charge < -0.3 is 10.5 Å². The molecule has 14 heavy (non-hydrogen) atoms. The Morgan fingerprint density at radius 3 is 2.79 bits per heavy atom. The third-order valence-electron chi connectivity index (χ3n) is 1.39. The van der Waals surface area contributed by atoms with Crippen molar-refractivity contribution in [2.24, 2.45) is 5.73 Å². The van der Waals surface area contributed by atoms with E-state index in [1.165, 1.54) is 6.08 Å². The number of primary amides is 1. The molecule has 1 rings (SSSR count). The maximum absolute atomic E-state index is 11.1. The second-order valence-electron chi connectivity index (χ2n) is 2.47. The van der Waals surface area contributed by atoms with E-state index in [0.29, 0.717) is 0 Å². The van der Waals surface area contributed by atoms with Gasteiger partial charge in [0.25, 0.3) is 0 Å². The average Bonchev–Trinajstić information content (AvgIpc) is 2.07. The molecule has 0 spiro atoms. The number of alkyl carbamates (subject to hydrolysis) is 1. The molecule has 6 heteroatoms. The van der Waals surface area contributed by atoms with E-state index >= 15 is 0 Å². The fourth-order valence-electron chi connectivity index (χ4n) is 0.841. The van der Waals surface area contributed by atoms with Gasteiger partial charge in [0.2, 0.25) is 5.78 Å². The van der Waals surface area contributed by atoms with Crippen LogP contribution in [0.4, 0.5) is 9.59 Å². The zero-order chi connectivity index (χ0) is 10.6. The van der Waals surface area contributed by atoms with Gasteiger partial charge in [0, 0.05) is 6.42 Å². The summed E-state index contributed by atoms with van der Waals surface area (Å²) in [4.78, 5) is 32.1. The first-order valence-corrected chi connectivity index (χ1v) is 3.78. The molecule has 0 aromatic heterocycles. The highest BCUT2D eigenvalue weighted by Crippen LogP contribution is 2.08. The van der Waals surface area contributed by atoms with E-state index in [1.54, 1.807) is 17.5 Å². The zero-order valence-corrected chi connectivity index (χ0v) is 7.15. The van der Waals surface area contributed by atoms with Crippen LogP contribution < -0.4 is 11.1 Å². The van der Waals surface area contributed by atoms with E-state index in [2.05, 4.69) is 10.5 Å². The first-order chi connectivity index (χ1) is 6.59. The topological polar surface area (TPSA) is 98.5 Å². The lowest BCUT2D eigenvalue weighted by Crippen LogP contribution is -2.35. The van der Waals surface area contributed by atoms with Crippen molar-refractivity contribution in [3.63, 3.8) is 0 Å². The molecule has 0 unspecified atom stereocenters. The Morgan fingerprint density at radius 2 is 2.21 bits per heavy atom. The second-order valence-corrected chi connectivity index (χ2v) is 2.47. The molecule has 0 bridgehead atoms. The lowest BCUT2D eigenvalue weighted by Gasteiger charge is -2.07. The van der Waals surface area contributed by atoms with Gasteiger partial charge in [0.1, 0.15) is 0 Å². The van der Waals surface area contributed by atoms with E-state index in [4.69, 9.17) is 0 Å². The third-order valence-corrected chi connectivity index (χ3v) is 1.39. The number of nitrogens with two attached hydrogens (primary N) is 1. The molecule has 1 aliphatic rings. The molecule has 0 atom stereocenters. The fourth-order valence-corrected chi connectivity index (χ4v) is 0.841. The molecule has 74 valence electrons. The summed E-state index contributed by atoms with van der Waals surface area (Å²) in [5.41, 5.74) is 4.66. The summed E-state index contributed by atoms with van der Waals surface area (Å²) >= 11 is 0. The van der Waals surface area contributed by atoms with Crippen molar-refractivity contribution in [2.45, 2.75) is 6.42 Å². The SMILES string of the molecule is NC(=O)NC(=O)OC1=CC=CCC1=O. The summed E-state index contributed by atoms with van der Waals surface area (Å²) in [6.07, 6.45) is 3.66. The number of ketones is 1. The Kier molecular flexibility index (Phi) is 3.01. The Bertz CT molecular complexity index is 343. The van der Waals surface area contributed by atoms with Gasteiger partial charge >= 0.3 is 12.1 Å². The molecule has 0 saturated heterocycles. The van der Waals surface area contributed by atoms with Gasteiger partial charge in [-0.05, 0) is 6.08 Å². The van der Waals surface area contributed by atoms with Crippen LogP contribution in [-0.2, 0) is 9.53 Å². The summed E-state index contributed by atoms with van der Waals surface area (Å²) in [6, 6.07) is -1.03. The predicted octanol–water partition coefficient (Wildman–Crippen LogP) is 0.204. The molecular formula is C8H8N2O4. The van der Waals surface area contributed by atoms with Crippen molar-refractivity contribution < 1.29 is 19.1 Å². The highest BCUT2D eigenvalue weighted by molar-refractivity contribution is 5.99. The summed E-state index contributed by atoms with van der Waals surface area (Å²) in [6.45, 7) is 0. The molecule has 0 fully saturated rings. The normalized spacial score (nSPS) is 14.6. The van der Waals surface area contributed by atoms with Crippen LogP contribution in [0.2, 0.25) is 0 Å². The number of urea groups is 1. The van der Waals surface area contributed by atoms with Crippen molar-refractivity contribution in [1.82, 2.24) is 5.32 Å². The minimum Gasteiger partial charge on any atom is -0.406 e. The molecule has 1 aliphatic carbocycles. The minimum atomic E-state index is -1.06. The number of ether oxygens (including phenoxy) is 1. The molecule has 3 N–H and O–H groups in total. The number of nitrogens with one attached hydrogen (secondary N) is 1. The maximum Gasteiger partial charge on any atom is 0.420 e. The summed E-state index contributed by atoms with van der Waals surface area (Å²) < 4.78 is 4.52. The van der Waals surface area contributed by atoms with Gasteiger partial charge in [-0.15, -0.1) is 0 Å². The van der Waals surface area contributed by atoms with Gasteiger partial charge in [-0.1, -0.05) is 12.2 Å². The number of hydrogen-bond donors (Lipinski definition) is 2. The van der Waals surface area contributed by atoms with Crippen molar-refractivity contribution in [3.05, 3.63) is 24.0 Å². The maximum atomic E-state index is 11.1. The smallest absolute Gasteiger partial charge is 0.406 e. The van der Waals surface area contributed by atoms with E-state index in [1.807, 2.05) is 0 Å². The van der Waals surface area contributed by atoms with Gasteiger partial charge in [-0.25, -0.2) is 14.9 Å². The van der Waals surface area contributed by atoms with Crippen LogP contribution in [0.3, 0.4) is 0 Å². The van der Waals surface area contributed by atoms with Crippen LogP contribution in [-0.4, -0.2) is 17.9 Å². The zero-order valence-electron chi connectivity index (χ0n) is 7.15. The first kappa shape index (κ1) is 9.97. The minimum absolute atomic E-state index is 0.105. The Labute approximate surface area is 79.4 Å². The number of imide groups is 1. The van der Waals surface area contributed by atoms with Crippen LogP contribution in [0, 0.1) is 0 Å². The van der Waals surface area contributed by atoms with Gasteiger partial charge in [0.15, 0.2) is 5.76 Å². The molecule has 0 radical (unpaired) electrons.